The van der Waals surface area contributed by atoms with Crippen LogP contribution < -0.4 is 5.32 Å². The van der Waals surface area contributed by atoms with Crippen LogP contribution >= 0.6 is 0 Å². The zero-order valence-corrected chi connectivity index (χ0v) is 9.80. The van der Waals surface area contributed by atoms with Crippen molar-refractivity contribution in [1.29, 1.82) is 0 Å². The highest BCUT2D eigenvalue weighted by Gasteiger charge is 2.25. The predicted octanol–water partition coefficient (Wildman–Crippen LogP) is 2.12. The summed E-state index contributed by atoms with van der Waals surface area (Å²) in [5.74, 6) is 0.809. The largest absolute Gasteiger partial charge is 0.389 e. The van der Waals surface area contributed by atoms with E-state index in [0.29, 0.717) is 19.5 Å². The molecule has 1 aromatic heterocycles. The zero-order valence-electron chi connectivity index (χ0n) is 9.80. The van der Waals surface area contributed by atoms with E-state index in [-0.39, 0.29) is 6.42 Å². The maximum absolute atomic E-state index is 11.8. The molecular formula is C10H17F3N4. The molecule has 1 N–H and O–H groups in total. The summed E-state index contributed by atoms with van der Waals surface area (Å²) >= 11 is 0. The van der Waals surface area contributed by atoms with Gasteiger partial charge in [-0.05, 0) is 26.3 Å². The van der Waals surface area contributed by atoms with E-state index in [9.17, 15) is 13.2 Å². The van der Waals surface area contributed by atoms with Gasteiger partial charge in [-0.3, -0.25) is 0 Å². The van der Waals surface area contributed by atoms with Crippen LogP contribution in [0.1, 0.15) is 32.0 Å². The van der Waals surface area contributed by atoms with Gasteiger partial charge in [0.1, 0.15) is 12.2 Å². The second-order valence-corrected chi connectivity index (χ2v) is 3.74. The van der Waals surface area contributed by atoms with Crippen LogP contribution in [0.4, 0.5) is 13.2 Å². The first kappa shape index (κ1) is 14.0. The van der Waals surface area contributed by atoms with Gasteiger partial charge in [0, 0.05) is 13.0 Å². The molecule has 98 valence electrons. The summed E-state index contributed by atoms with van der Waals surface area (Å²) in [6, 6.07) is 0. The molecule has 0 aliphatic carbocycles. The smallest absolute Gasteiger partial charge is 0.310 e. The quantitative estimate of drug-likeness (QED) is 0.754. The second kappa shape index (κ2) is 6.58. The average Bonchev–Trinajstić information content (AvgIpc) is 2.69. The molecule has 0 amide bonds. The molecule has 1 heterocycles. The maximum Gasteiger partial charge on any atom is 0.389 e. The lowest BCUT2D eigenvalue weighted by Gasteiger charge is -2.07. The lowest BCUT2D eigenvalue weighted by molar-refractivity contribution is -0.135. The van der Waals surface area contributed by atoms with Gasteiger partial charge in [-0.2, -0.15) is 18.3 Å². The van der Waals surface area contributed by atoms with Gasteiger partial charge in [0.05, 0.1) is 6.54 Å². The number of nitrogens with one attached hydrogen (secondary N) is 1. The van der Waals surface area contributed by atoms with Crippen LogP contribution in [0.2, 0.25) is 0 Å². The Morgan fingerprint density at radius 2 is 2.12 bits per heavy atom. The highest BCUT2D eigenvalue weighted by atomic mass is 19.4. The third-order valence-corrected chi connectivity index (χ3v) is 2.34. The van der Waals surface area contributed by atoms with Crippen molar-refractivity contribution in [2.45, 2.75) is 45.5 Å². The Hall–Kier alpha value is -1.11. The molecule has 0 aliphatic rings. The van der Waals surface area contributed by atoms with Crippen molar-refractivity contribution in [3.63, 3.8) is 0 Å². The van der Waals surface area contributed by atoms with Crippen LogP contribution in [0.15, 0.2) is 6.33 Å². The van der Waals surface area contributed by atoms with E-state index in [4.69, 9.17) is 0 Å². The van der Waals surface area contributed by atoms with Crippen molar-refractivity contribution in [1.82, 2.24) is 20.1 Å². The minimum Gasteiger partial charge on any atom is -0.310 e. The monoisotopic (exact) mass is 250 g/mol. The molecule has 0 atom stereocenters. The van der Waals surface area contributed by atoms with Gasteiger partial charge in [0.2, 0.25) is 0 Å². The Bertz CT molecular complexity index is 322. The number of hydrogen-bond acceptors (Lipinski definition) is 3. The highest BCUT2D eigenvalue weighted by molar-refractivity contribution is 4.83. The van der Waals surface area contributed by atoms with E-state index >= 15 is 0 Å². The van der Waals surface area contributed by atoms with E-state index in [1.807, 2.05) is 6.92 Å². The van der Waals surface area contributed by atoms with E-state index < -0.39 is 12.6 Å². The molecule has 1 aromatic rings. The van der Waals surface area contributed by atoms with Crippen molar-refractivity contribution >= 4 is 0 Å². The highest BCUT2D eigenvalue weighted by Crippen LogP contribution is 2.21. The fourth-order valence-corrected chi connectivity index (χ4v) is 1.46. The Morgan fingerprint density at radius 1 is 1.35 bits per heavy atom. The van der Waals surface area contributed by atoms with Crippen LogP contribution in [0.25, 0.3) is 0 Å². The first-order chi connectivity index (χ1) is 8.03. The molecule has 1 rings (SSSR count). The molecule has 0 unspecified atom stereocenters. The Kier molecular flexibility index (Phi) is 5.40. The number of nitrogens with zero attached hydrogens (tertiary/aromatic N) is 3. The third-order valence-electron chi connectivity index (χ3n) is 2.34. The molecule has 0 aliphatic heterocycles. The summed E-state index contributed by atoms with van der Waals surface area (Å²) in [4.78, 5) is 4.05. The Morgan fingerprint density at radius 3 is 2.76 bits per heavy atom. The minimum absolute atomic E-state index is 0.164. The fraction of sp³-hybridized carbons (Fsp3) is 0.800. The molecular weight excluding hydrogens is 233 g/mol. The van der Waals surface area contributed by atoms with Crippen molar-refractivity contribution in [3.8, 4) is 0 Å². The SMILES string of the molecule is CCn1ncnc1CNCCCCC(F)(F)F. The molecule has 0 saturated carbocycles. The molecule has 7 heteroatoms. The van der Waals surface area contributed by atoms with Crippen molar-refractivity contribution in [2.75, 3.05) is 6.54 Å². The maximum atomic E-state index is 11.8. The fourth-order valence-electron chi connectivity index (χ4n) is 1.46. The summed E-state index contributed by atoms with van der Waals surface area (Å²) in [6.07, 6.45) is -2.59. The van der Waals surface area contributed by atoms with Gasteiger partial charge in [-0.15, -0.1) is 0 Å². The molecule has 4 nitrogen and oxygen atoms in total. The summed E-state index contributed by atoms with van der Waals surface area (Å²) < 4.78 is 37.3. The first-order valence-electron chi connectivity index (χ1n) is 5.67. The number of unbranched alkanes of at least 4 members (excludes halogenated alkanes) is 1. The number of halogens is 3. The van der Waals surface area contributed by atoms with Gasteiger partial charge >= 0.3 is 6.18 Å². The van der Waals surface area contributed by atoms with Crippen molar-refractivity contribution in [2.24, 2.45) is 0 Å². The van der Waals surface area contributed by atoms with E-state index in [0.717, 1.165) is 12.4 Å². The van der Waals surface area contributed by atoms with Gasteiger partial charge < -0.3 is 5.32 Å². The first-order valence-corrected chi connectivity index (χ1v) is 5.67. The van der Waals surface area contributed by atoms with E-state index in [1.54, 1.807) is 4.68 Å². The molecule has 0 saturated heterocycles. The Labute approximate surface area is 98.2 Å². The molecule has 0 spiro atoms. The van der Waals surface area contributed by atoms with Crippen molar-refractivity contribution in [3.05, 3.63) is 12.2 Å². The van der Waals surface area contributed by atoms with Gasteiger partial charge in [0.15, 0.2) is 0 Å². The van der Waals surface area contributed by atoms with Gasteiger partial charge in [-0.25, -0.2) is 9.67 Å². The van der Waals surface area contributed by atoms with Crippen LogP contribution in [0.5, 0.6) is 0 Å². The average molecular weight is 250 g/mol. The van der Waals surface area contributed by atoms with Crippen LogP contribution in [0, 0.1) is 0 Å². The third kappa shape index (κ3) is 5.67. The molecule has 0 bridgehead atoms. The molecule has 0 aromatic carbocycles. The van der Waals surface area contributed by atoms with Crippen LogP contribution in [-0.4, -0.2) is 27.5 Å². The van der Waals surface area contributed by atoms with Gasteiger partial charge in [-0.1, -0.05) is 0 Å². The van der Waals surface area contributed by atoms with Gasteiger partial charge in [0.25, 0.3) is 0 Å². The molecule has 0 fully saturated rings. The molecule has 17 heavy (non-hydrogen) atoms. The standard InChI is InChI=1S/C10H17F3N4/c1-2-17-9(15-8-16-17)7-14-6-4-3-5-10(11,12)13/h8,14H,2-7H2,1H3. The summed E-state index contributed by atoms with van der Waals surface area (Å²) in [5.41, 5.74) is 0. The predicted molar refractivity (Wildman–Crippen MR) is 57.3 cm³/mol. The topological polar surface area (TPSA) is 42.7 Å². The minimum atomic E-state index is -4.04. The normalized spacial score (nSPS) is 12.0. The lowest BCUT2D eigenvalue weighted by atomic mass is 10.2. The van der Waals surface area contributed by atoms with Crippen LogP contribution in [0.3, 0.4) is 0 Å². The lowest BCUT2D eigenvalue weighted by Crippen LogP contribution is -2.19. The number of aryl methyl sites for hydroxylation is 1. The number of hydrogen-bond donors (Lipinski definition) is 1. The Balaban J connectivity index is 2.09. The second-order valence-electron chi connectivity index (χ2n) is 3.74. The van der Waals surface area contributed by atoms with E-state index in [2.05, 4.69) is 15.4 Å². The molecule has 0 radical (unpaired) electrons. The summed E-state index contributed by atoms with van der Waals surface area (Å²) in [7, 11) is 0. The number of alkyl halides is 3. The summed E-state index contributed by atoms with van der Waals surface area (Å²) in [5, 5.41) is 7.06. The van der Waals surface area contributed by atoms with Crippen LogP contribution in [-0.2, 0) is 13.1 Å². The van der Waals surface area contributed by atoms with Crippen molar-refractivity contribution < 1.29 is 13.2 Å². The number of rotatable bonds is 7. The number of aromatic nitrogens is 3. The zero-order chi connectivity index (χ0) is 12.7. The van der Waals surface area contributed by atoms with E-state index in [1.165, 1.54) is 6.33 Å². The summed E-state index contributed by atoms with van der Waals surface area (Å²) in [6.45, 7) is 3.80.